The third-order valence-electron chi connectivity index (χ3n) is 4.33. The van der Waals surface area contributed by atoms with Crippen LogP contribution in [0.1, 0.15) is 48.7 Å². The van der Waals surface area contributed by atoms with E-state index in [1.807, 2.05) is 6.92 Å². The Hall–Kier alpha value is -2.18. The van der Waals surface area contributed by atoms with Gasteiger partial charge in [-0.1, -0.05) is 19.8 Å². The van der Waals surface area contributed by atoms with Gasteiger partial charge in [0.2, 0.25) is 0 Å². The fraction of sp³-hybridized carbons (Fsp3) is 0.571. The van der Waals surface area contributed by atoms with Crippen LogP contribution < -0.4 is 11.1 Å². The van der Waals surface area contributed by atoms with Gasteiger partial charge in [-0.25, -0.2) is 0 Å². The number of aryl methyl sites for hydroxylation is 1. The molecule has 1 fully saturated rings. The topological polar surface area (TPSA) is 98.2 Å². The Morgan fingerprint density at radius 2 is 2.19 bits per heavy atom. The van der Waals surface area contributed by atoms with Crippen LogP contribution in [-0.4, -0.2) is 32.0 Å². The highest BCUT2D eigenvalue weighted by Crippen LogP contribution is 2.30. The van der Waals surface area contributed by atoms with E-state index < -0.39 is 5.91 Å². The summed E-state index contributed by atoms with van der Waals surface area (Å²) in [6.07, 6.45) is 6.21. The number of hydrogen-bond acceptors (Lipinski definition) is 5. The lowest BCUT2D eigenvalue weighted by molar-refractivity contribution is 0.100. The number of fused-ring (bicyclic) bond motifs is 1. The number of amides is 1. The van der Waals surface area contributed by atoms with E-state index in [-0.39, 0.29) is 0 Å². The fourth-order valence-electron chi connectivity index (χ4n) is 3.06. The van der Waals surface area contributed by atoms with Crippen LogP contribution in [0.25, 0.3) is 5.52 Å². The molecular formula is C14H20N6O. The minimum atomic E-state index is -0.489. The maximum absolute atomic E-state index is 11.7. The van der Waals surface area contributed by atoms with Crippen molar-refractivity contribution in [3.05, 3.63) is 17.5 Å². The number of carbonyl (C=O) groups excluding carboxylic acids is 1. The van der Waals surface area contributed by atoms with E-state index in [1.54, 1.807) is 0 Å². The third kappa shape index (κ3) is 2.43. The summed E-state index contributed by atoms with van der Waals surface area (Å²) in [5.41, 5.74) is 8.06. The van der Waals surface area contributed by atoms with Crippen LogP contribution >= 0.6 is 0 Å². The number of primary amides is 1. The molecular weight excluding hydrogens is 268 g/mol. The van der Waals surface area contributed by atoms with Gasteiger partial charge in [0.15, 0.2) is 0 Å². The standard InChI is InChI=1S/C14H20N6O/c1-8-5-3-4-6-11(8)17-12-10(14(15)21)7-16-20-13(12)9(2)18-19-20/h7-8,11,17H,3-6H2,1-2H3,(H2,15,21). The highest BCUT2D eigenvalue weighted by molar-refractivity contribution is 6.02. The second-order valence-corrected chi connectivity index (χ2v) is 5.82. The lowest BCUT2D eigenvalue weighted by Crippen LogP contribution is -2.32. The van der Waals surface area contributed by atoms with Gasteiger partial charge in [-0.15, -0.1) is 9.73 Å². The van der Waals surface area contributed by atoms with Crippen LogP contribution in [0, 0.1) is 12.8 Å². The molecule has 0 spiro atoms. The van der Waals surface area contributed by atoms with Crippen molar-refractivity contribution in [2.75, 3.05) is 5.32 Å². The van der Waals surface area contributed by atoms with Crippen LogP contribution in [0.5, 0.6) is 0 Å². The van der Waals surface area contributed by atoms with Crippen molar-refractivity contribution in [3.63, 3.8) is 0 Å². The highest BCUT2D eigenvalue weighted by atomic mass is 16.1. The van der Waals surface area contributed by atoms with Crippen molar-refractivity contribution in [2.24, 2.45) is 11.7 Å². The molecule has 3 N–H and O–H groups in total. The largest absolute Gasteiger partial charge is 0.379 e. The average molecular weight is 288 g/mol. The highest BCUT2D eigenvalue weighted by Gasteiger charge is 2.25. The van der Waals surface area contributed by atoms with Crippen molar-refractivity contribution in [1.82, 2.24) is 20.0 Å². The molecule has 2 heterocycles. The molecule has 2 atom stereocenters. The first-order valence-electron chi connectivity index (χ1n) is 7.35. The Morgan fingerprint density at radius 1 is 1.43 bits per heavy atom. The van der Waals surface area contributed by atoms with Gasteiger partial charge in [0.05, 0.1) is 23.1 Å². The molecule has 0 saturated heterocycles. The smallest absolute Gasteiger partial charge is 0.252 e. The first-order chi connectivity index (χ1) is 10.1. The molecule has 2 aromatic heterocycles. The van der Waals surface area contributed by atoms with Gasteiger partial charge in [0.25, 0.3) is 5.91 Å². The minimum absolute atomic E-state index is 0.331. The monoisotopic (exact) mass is 288 g/mol. The number of carbonyl (C=O) groups is 1. The molecule has 0 aliphatic heterocycles. The lowest BCUT2D eigenvalue weighted by atomic mass is 9.85. The fourth-order valence-corrected chi connectivity index (χ4v) is 3.06. The Kier molecular flexibility index (Phi) is 3.48. The zero-order chi connectivity index (χ0) is 15.0. The molecule has 7 heteroatoms. The molecule has 1 amide bonds. The normalized spacial score (nSPS) is 22.4. The molecule has 0 bridgehead atoms. The maximum Gasteiger partial charge on any atom is 0.252 e. The second-order valence-electron chi connectivity index (χ2n) is 5.82. The minimum Gasteiger partial charge on any atom is -0.379 e. The maximum atomic E-state index is 11.7. The Labute approximate surface area is 122 Å². The summed E-state index contributed by atoms with van der Waals surface area (Å²) < 4.78 is 1.44. The number of nitrogens with one attached hydrogen (secondary N) is 1. The number of anilines is 1. The van der Waals surface area contributed by atoms with E-state index in [0.717, 1.165) is 17.6 Å². The van der Waals surface area contributed by atoms with Gasteiger partial charge in [0.1, 0.15) is 5.52 Å². The third-order valence-corrected chi connectivity index (χ3v) is 4.33. The molecule has 2 aromatic rings. The second kappa shape index (κ2) is 5.31. The molecule has 1 saturated carbocycles. The van der Waals surface area contributed by atoms with Crippen LogP contribution in [0.15, 0.2) is 6.20 Å². The Bertz CT molecular complexity index is 679. The SMILES string of the molecule is Cc1nnn2ncc(C(N)=O)c(NC3CCCCC3C)c12. The molecule has 0 aromatic carbocycles. The van der Waals surface area contributed by atoms with Gasteiger partial charge in [-0.3, -0.25) is 4.79 Å². The van der Waals surface area contributed by atoms with Gasteiger partial charge in [0, 0.05) is 6.04 Å². The summed E-state index contributed by atoms with van der Waals surface area (Å²) in [6, 6.07) is 0.331. The quantitative estimate of drug-likeness (QED) is 0.892. The summed E-state index contributed by atoms with van der Waals surface area (Å²) >= 11 is 0. The predicted octanol–water partition coefficient (Wildman–Crippen LogP) is 1.52. The van der Waals surface area contributed by atoms with Gasteiger partial charge >= 0.3 is 0 Å². The van der Waals surface area contributed by atoms with Gasteiger partial charge in [-0.2, -0.15) is 5.10 Å². The van der Waals surface area contributed by atoms with Crippen LogP contribution in [0.3, 0.4) is 0 Å². The number of rotatable bonds is 3. The molecule has 112 valence electrons. The number of aromatic nitrogens is 4. The summed E-state index contributed by atoms with van der Waals surface area (Å²) in [4.78, 5) is 11.7. The molecule has 21 heavy (non-hydrogen) atoms. The van der Waals surface area contributed by atoms with Crippen molar-refractivity contribution in [1.29, 1.82) is 0 Å². The van der Waals surface area contributed by atoms with Gasteiger partial charge in [-0.05, 0) is 30.9 Å². The first kappa shape index (κ1) is 13.8. The van der Waals surface area contributed by atoms with Crippen molar-refractivity contribution < 1.29 is 4.79 Å². The zero-order valence-electron chi connectivity index (χ0n) is 12.3. The Balaban J connectivity index is 2.07. The predicted molar refractivity (Wildman–Crippen MR) is 79.1 cm³/mol. The van der Waals surface area contributed by atoms with Crippen LogP contribution in [0.2, 0.25) is 0 Å². The van der Waals surface area contributed by atoms with Gasteiger partial charge < -0.3 is 11.1 Å². The van der Waals surface area contributed by atoms with Crippen LogP contribution in [-0.2, 0) is 0 Å². The van der Waals surface area contributed by atoms with Crippen molar-refractivity contribution >= 4 is 17.1 Å². The van der Waals surface area contributed by atoms with E-state index in [4.69, 9.17) is 5.73 Å². The zero-order valence-corrected chi connectivity index (χ0v) is 12.3. The van der Waals surface area contributed by atoms with Crippen molar-refractivity contribution in [3.8, 4) is 0 Å². The average Bonchev–Trinajstić information content (AvgIpc) is 2.83. The van der Waals surface area contributed by atoms with Crippen LogP contribution in [0.4, 0.5) is 5.69 Å². The number of hydrogen-bond donors (Lipinski definition) is 2. The molecule has 7 nitrogen and oxygen atoms in total. The van der Waals surface area contributed by atoms with E-state index in [0.29, 0.717) is 23.2 Å². The molecule has 1 aliphatic rings. The molecule has 0 radical (unpaired) electrons. The van der Waals surface area contributed by atoms with E-state index in [2.05, 4.69) is 27.7 Å². The van der Waals surface area contributed by atoms with E-state index in [1.165, 1.54) is 30.1 Å². The van der Waals surface area contributed by atoms with Crippen molar-refractivity contribution in [2.45, 2.75) is 45.6 Å². The molecule has 2 unspecified atom stereocenters. The van der Waals surface area contributed by atoms with E-state index >= 15 is 0 Å². The van der Waals surface area contributed by atoms with E-state index in [9.17, 15) is 4.79 Å². The summed E-state index contributed by atoms with van der Waals surface area (Å²) in [6.45, 7) is 4.09. The Morgan fingerprint density at radius 3 is 2.90 bits per heavy atom. The number of nitrogens with zero attached hydrogens (tertiary/aromatic N) is 4. The summed E-state index contributed by atoms with van der Waals surface area (Å²) in [5, 5.41) is 15.6. The molecule has 3 rings (SSSR count). The summed E-state index contributed by atoms with van der Waals surface area (Å²) in [5.74, 6) is 0.0699. The number of nitrogens with two attached hydrogens (primary N) is 1. The molecule has 1 aliphatic carbocycles. The first-order valence-corrected chi connectivity index (χ1v) is 7.35. The summed E-state index contributed by atoms with van der Waals surface area (Å²) in [7, 11) is 0. The lowest BCUT2D eigenvalue weighted by Gasteiger charge is -2.31.